The zero-order valence-electron chi connectivity index (χ0n) is 53.0. The SMILES string of the molecule is c1ccc(N(c2ccccc2)c2ccc(-c3ccc(N(c4ccc(-c5ccc(N(c6ccccc6)c6ccccc6)cc5)cc4)c4ccc(-c5c6ccccc6c(-c6ccc([Si](c7ccccc7)(c7ccccc7)c7ccccc7)cc6)c6ccccc56)cc4)cc3)cc2)cc1. The lowest BCUT2D eigenvalue weighted by atomic mass is 9.86. The molecule has 0 heterocycles. The lowest BCUT2D eigenvalue weighted by Crippen LogP contribution is -2.74. The van der Waals surface area contributed by atoms with Gasteiger partial charge in [-0.3, -0.25) is 0 Å². The van der Waals surface area contributed by atoms with Crippen molar-refractivity contribution in [3.8, 4) is 44.5 Å². The van der Waals surface area contributed by atoms with E-state index in [0.29, 0.717) is 0 Å². The summed E-state index contributed by atoms with van der Waals surface area (Å²) in [6.45, 7) is 0. The van der Waals surface area contributed by atoms with E-state index in [9.17, 15) is 0 Å². The fourth-order valence-electron chi connectivity index (χ4n) is 14.3. The van der Waals surface area contributed by atoms with Crippen LogP contribution < -0.4 is 35.4 Å². The van der Waals surface area contributed by atoms with Crippen LogP contribution in [0, 0.1) is 0 Å². The van der Waals surface area contributed by atoms with Crippen molar-refractivity contribution in [2.75, 3.05) is 14.7 Å². The summed E-state index contributed by atoms with van der Waals surface area (Å²) in [5.74, 6) is 0. The summed E-state index contributed by atoms with van der Waals surface area (Å²) >= 11 is 0. The molecule has 0 spiro atoms. The van der Waals surface area contributed by atoms with E-state index in [1.807, 2.05) is 0 Å². The monoisotopic (exact) mass is 1240 g/mol. The molecule has 16 aromatic rings. The maximum absolute atomic E-state index is 2.73. The van der Waals surface area contributed by atoms with Gasteiger partial charge in [0.25, 0.3) is 0 Å². The highest BCUT2D eigenvalue weighted by atomic mass is 28.3. The van der Waals surface area contributed by atoms with Gasteiger partial charge in [-0.25, -0.2) is 0 Å². The van der Waals surface area contributed by atoms with Crippen LogP contribution in [0.3, 0.4) is 0 Å². The summed E-state index contributed by atoms with van der Waals surface area (Å²) in [4.78, 5) is 6.99. The number of hydrogen-bond donors (Lipinski definition) is 0. The van der Waals surface area contributed by atoms with Gasteiger partial charge in [0, 0.05) is 51.2 Å². The first-order valence-corrected chi connectivity index (χ1v) is 35.0. The maximum Gasteiger partial charge on any atom is 0.179 e. The van der Waals surface area contributed by atoms with Gasteiger partial charge >= 0.3 is 0 Å². The average molecular weight is 1240 g/mol. The van der Waals surface area contributed by atoms with Gasteiger partial charge in [-0.05, 0) is 196 Å². The Morgan fingerprint density at radius 3 is 0.531 bits per heavy atom. The van der Waals surface area contributed by atoms with Crippen molar-refractivity contribution in [2.24, 2.45) is 0 Å². The minimum atomic E-state index is -2.73. The van der Waals surface area contributed by atoms with Crippen molar-refractivity contribution in [3.05, 3.63) is 406 Å². The Hall–Kier alpha value is -12.3. The molecule has 0 unspecified atom stereocenters. The van der Waals surface area contributed by atoms with Crippen molar-refractivity contribution in [1.29, 1.82) is 0 Å². The summed E-state index contributed by atoms with van der Waals surface area (Å²) in [6.07, 6.45) is 0. The lowest BCUT2D eigenvalue weighted by Gasteiger charge is -2.34. The highest BCUT2D eigenvalue weighted by Gasteiger charge is 2.41. The Morgan fingerprint density at radius 1 is 0.135 bits per heavy atom. The molecule has 0 aliphatic carbocycles. The van der Waals surface area contributed by atoms with Gasteiger partial charge in [0.1, 0.15) is 0 Å². The second-order valence-electron chi connectivity index (χ2n) is 24.3. The van der Waals surface area contributed by atoms with Crippen molar-refractivity contribution < 1.29 is 0 Å². The standard InChI is InChI=1S/C92H67N3Si/c1-8-26-74(27-9-1)93(75-28-10-2-11-29-75)78-56-44-68(45-57-78)70-48-60-80(61-49-70)95(81-62-50-71(51-63-81)69-46-58-79(59-47-69)94(76-30-12-3-13-31-76)77-32-14-4-15-33-77)82-64-52-72(53-65-82)91-87-40-22-24-42-89(87)92(90-43-25-23-41-88(90)91)73-54-66-86(67-55-73)96(83-34-16-5-17-35-83,84-36-18-6-19-37-84)85-38-20-7-21-39-85/h1-67H. The van der Waals surface area contributed by atoms with Crippen LogP contribution >= 0.6 is 0 Å². The van der Waals surface area contributed by atoms with Crippen LogP contribution in [0.2, 0.25) is 0 Å². The molecular weight excluding hydrogens is 1180 g/mol. The molecule has 0 saturated carbocycles. The highest BCUT2D eigenvalue weighted by Crippen LogP contribution is 2.46. The molecule has 16 rings (SSSR count). The molecule has 0 aliphatic rings. The zero-order chi connectivity index (χ0) is 64.0. The Labute approximate surface area is 563 Å². The molecule has 96 heavy (non-hydrogen) atoms. The van der Waals surface area contributed by atoms with E-state index >= 15 is 0 Å². The van der Waals surface area contributed by atoms with Crippen molar-refractivity contribution in [1.82, 2.24) is 0 Å². The molecule has 0 saturated heterocycles. The Kier molecular flexibility index (Phi) is 16.1. The van der Waals surface area contributed by atoms with E-state index in [-0.39, 0.29) is 0 Å². The van der Waals surface area contributed by atoms with Gasteiger partial charge in [-0.15, -0.1) is 0 Å². The van der Waals surface area contributed by atoms with Gasteiger partial charge in [-0.1, -0.05) is 297 Å². The normalized spacial score (nSPS) is 11.3. The van der Waals surface area contributed by atoms with Crippen LogP contribution in [0.4, 0.5) is 51.2 Å². The molecule has 4 heteroatoms. The van der Waals surface area contributed by atoms with Crippen LogP contribution in [0.1, 0.15) is 0 Å². The second kappa shape index (κ2) is 26.3. The van der Waals surface area contributed by atoms with Crippen molar-refractivity contribution in [3.63, 3.8) is 0 Å². The minimum Gasteiger partial charge on any atom is -0.311 e. The van der Waals surface area contributed by atoms with Crippen LogP contribution in [-0.4, -0.2) is 8.07 Å². The molecule has 0 atom stereocenters. The molecule has 0 amide bonds. The van der Waals surface area contributed by atoms with Gasteiger partial charge in [0.05, 0.1) is 0 Å². The number of rotatable bonds is 17. The van der Waals surface area contributed by atoms with Gasteiger partial charge in [0.15, 0.2) is 8.07 Å². The van der Waals surface area contributed by atoms with Crippen LogP contribution in [0.25, 0.3) is 66.1 Å². The van der Waals surface area contributed by atoms with E-state index in [1.54, 1.807) is 0 Å². The molecule has 0 aliphatic heterocycles. The predicted octanol–water partition coefficient (Wildman–Crippen LogP) is 22.4. The third-order valence-corrected chi connectivity index (χ3v) is 23.6. The molecule has 0 N–H and O–H groups in total. The number of hydrogen-bond acceptors (Lipinski definition) is 3. The number of nitrogens with zero attached hydrogens (tertiary/aromatic N) is 3. The summed E-state index contributed by atoms with van der Waals surface area (Å²) in [5.41, 5.74) is 19.2. The van der Waals surface area contributed by atoms with Crippen LogP contribution in [0.5, 0.6) is 0 Å². The number of benzene rings is 16. The summed E-state index contributed by atoms with van der Waals surface area (Å²) in [7, 11) is -2.73. The zero-order valence-corrected chi connectivity index (χ0v) is 54.0. The largest absolute Gasteiger partial charge is 0.311 e. The number of para-hydroxylation sites is 4. The molecule has 3 nitrogen and oxygen atoms in total. The second-order valence-corrected chi connectivity index (χ2v) is 28.2. The van der Waals surface area contributed by atoms with Gasteiger partial charge in [0.2, 0.25) is 0 Å². The Morgan fingerprint density at radius 2 is 0.302 bits per heavy atom. The van der Waals surface area contributed by atoms with Crippen molar-refractivity contribution >= 4 is 102 Å². The molecule has 0 radical (unpaired) electrons. The summed E-state index contributed by atoms with van der Waals surface area (Å²) < 4.78 is 0. The first kappa shape index (κ1) is 58.7. The number of fused-ring (bicyclic) bond motifs is 2. The third kappa shape index (κ3) is 11.2. The smallest absolute Gasteiger partial charge is 0.179 e. The predicted molar refractivity (Wildman–Crippen MR) is 411 cm³/mol. The molecule has 16 aromatic carbocycles. The first-order chi connectivity index (χ1) is 47.6. The molecule has 0 aromatic heterocycles. The van der Waals surface area contributed by atoms with Crippen molar-refractivity contribution in [2.45, 2.75) is 0 Å². The summed E-state index contributed by atoms with van der Waals surface area (Å²) in [6, 6.07) is 149. The molecule has 0 fully saturated rings. The van der Waals surface area contributed by atoms with E-state index in [0.717, 1.165) is 79.0 Å². The maximum atomic E-state index is 2.42. The Balaban J connectivity index is 0.762. The fraction of sp³-hybridized carbons (Fsp3) is 0. The van der Waals surface area contributed by atoms with E-state index in [1.165, 1.54) is 59.0 Å². The van der Waals surface area contributed by atoms with Gasteiger partial charge in [-0.2, -0.15) is 0 Å². The average Bonchev–Trinajstić information content (AvgIpc) is 0.743. The van der Waals surface area contributed by atoms with E-state index in [4.69, 9.17) is 0 Å². The summed E-state index contributed by atoms with van der Waals surface area (Å²) in [5, 5.41) is 10.3. The minimum absolute atomic E-state index is 1.06. The highest BCUT2D eigenvalue weighted by molar-refractivity contribution is 7.19. The van der Waals surface area contributed by atoms with E-state index in [2.05, 4.69) is 421 Å². The van der Waals surface area contributed by atoms with Crippen LogP contribution in [0.15, 0.2) is 406 Å². The van der Waals surface area contributed by atoms with Crippen LogP contribution in [-0.2, 0) is 0 Å². The first-order valence-electron chi connectivity index (χ1n) is 33.0. The topological polar surface area (TPSA) is 9.72 Å². The quantitative estimate of drug-likeness (QED) is 0.0511. The lowest BCUT2D eigenvalue weighted by molar-refractivity contribution is 1.28. The number of anilines is 9. The van der Waals surface area contributed by atoms with E-state index < -0.39 is 8.07 Å². The van der Waals surface area contributed by atoms with Gasteiger partial charge < -0.3 is 14.7 Å². The molecule has 0 bridgehead atoms. The Bertz CT molecular complexity index is 4850. The fourth-order valence-corrected chi connectivity index (χ4v) is 19.1. The molecule has 454 valence electrons. The third-order valence-electron chi connectivity index (χ3n) is 18.8. The molecular formula is C92H67N3Si.